The second-order valence-corrected chi connectivity index (χ2v) is 8.87. The molecule has 0 radical (unpaired) electrons. The summed E-state index contributed by atoms with van der Waals surface area (Å²) in [6.07, 6.45) is 2.63. The highest BCUT2D eigenvalue weighted by Crippen LogP contribution is 2.47. The van der Waals surface area contributed by atoms with Crippen LogP contribution < -0.4 is 5.32 Å². The minimum atomic E-state index is -0.146. The van der Waals surface area contributed by atoms with Crippen molar-refractivity contribution in [1.29, 1.82) is 0 Å². The van der Waals surface area contributed by atoms with Crippen LogP contribution in [0.15, 0.2) is 22.8 Å². The molecule has 0 spiro atoms. The number of amides is 1. The van der Waals surface area contributed by atoms with Gasteiger partial charge >= 0.3 is 0 Å². The van der Waals surface area contributed by atoms with E-state index in [0.29, 0.717) is 12.0 Å². The molecule has 2 heterocycles. The zero-order chi connectivity index (χ0) is 19.3. The molecule has 1 fully saturated rings. The number of nitrogens with zero attached hydrogens (tertiary/aromatic N) is 2. The van der Waals surface area contributed by atoms with Gasteiger partial charge in [-0.3, -0.25) is 4.79 Å². The average molecular weight is 434 g/mol. The van der Waals surface area contributed by atoms with Crippen LogP contribution in [0.5, 0.6) is 0 Å². The number of halogens is 1. The van der Waals surface area contributed by atoms with Gasteiger partial charge in [0.05, 0.1) is 23.2 Å². The molecule has 2 aromatic rings. The van der Waals surface area contributed by atoms with E-state index in [0.717, 1.165) is 25.8 Å². The minimum Gasteiger partial charge on any atom is -0.394 e. The summed E-state index contributed by atoms with van der Waals surface area (Å²) in [4.78, 5) is 15.2. The summed E-state index contributed by atoms with van der Waals surface area (Å²) in [6.45, 7) is 2.75. The molecule has 1 saturated heterocycles. The van der Waals surface area contributed by atoms with Crippen LogP contribution in [0.2, 0.25) is 0 Å². The number of aryl methyl sites for hydroxylation is 1. The number of likely N-dealkylation sites (tertiary alicyclic amines) is 1. The molecule has 0 bridgehead atoms. The van der Waals surface area contributed by atoms with Crippen LogP contribution in [-0.2, 0) is 18.3 Å². The molecule has 146 valence electrons. The average Bonchev–Trinajstić information content (AvgIpc) is 2.92. The number of likely N-dealkylation sites (N-methyl/N-ethyl adjacent to an activating group) is 1. The molecule has 1 aromatic heterocycles. The van der Waals surface area contributed by atoms with Gasteiger partial charge < -0.3 is 19.9 Å². The fraction of sp³-hybridized carbons (Fsp3) is 0.571. The molecule has 0 saturated carbocycles. The Bertz CT molecular complexity index is 874. The van der Waals surface area contributed by atoms with Crippen molar-refractivity contribution in [1.82, 2.24) is 14.8 Å². The number of fused-ring (bicyclic) bond motifs is 2. The van der Waals surface area contributed by atoms with Gasteiger partial charge in [-0.2, -0.15) is 0 Å². The number of benzene rings is 1. The SMILES string of the molecule is CCC(CO)NC(=O)C1CC2c3cccc4c3c(c(Br)n4C)CC2N(C)C1. The van der Waals surface area contributed by atoms with Crippen molar-refractivity contribution < 1.29 is 9.90 Å². The Hall–Kier alpha value is -1.37. The minimum absolute atomic E-state index is 0.00242. The van der Waals surface area contributed by atoms with Crippen molar-refractivity contribution in [3.05, 3.63) is 33.9 Å². The van der Waals surface area contributed by atoms with Gasteiger partial charge in [-0.05, 0) is 59.4 Å². The topological polar surface area (TPSA) is 57.5 Å². The maximum atomic E-state index is 12.8. The van der Waals surface area contributed by atoms with Crippen molar-refractivity contribution in [3.63, 3.8) is 0 Å². The van der Waals surface area contributed by atoms with Gasteiger partial charge in [-0.15, -0.1) is 0 Å². The third kappa shape index (κ3) is 3.02. The van der Waals surface area contributed by atoms with Gasteiger partial charge in [0.2, 0.25) is 5.91 Å². The number of rotatable bonds is 4. The van der Waals surface area contributed by atoms with Crippen LogP contribution in [0.3, 0.4) is 0 Å². The third-order valence-electron chi connectivity index (χ3n) is 6.60. The van der Waals surface area contributed by atoms with Crippen LogP contribution in [-0.4, -0.2) is 52.8 Å². The molecule has 4 atom stereocenters. The maximum Gasteiger partial charge on any atom is 0.224 e. The summed E-state index contributed by atoms with van der Waals surface area (Å²) in [6, 6.07) is 6.83. The zero-order valence-corrected chi connectivity index (χ0v) is 17.8. The zero-order valence-electron chi connectivity index (χ0n) is 16.2. The normalized spacial score (nSPS) is 26.0. The lowest BCUT2D eigenvalue weighted by atomic mass is 9.72. The molecule has 1 amide bonds. The van der Waals surface area contributed by atoms with E-state index in [2.05, 4.69) is 63.0 Å². The number of carbonyl (C=O) groups is 1. The molecular weight excluding hydrogens is 406 g/mol. The first-order chi connectivity index (χ1) is 13.0. The fourth-order valence-electron chi connectivity index (χ4n) is 5.03. The number of aliphatic hydroxyl groups is 1. The Kier molecular flexibility index (Phi) is 5.08. The number of aromatic nitrogens is 1. The second-order valence-electron chi connectivity index (χ2n) is 8.12. The number of piperidine rings is 1. The van der Waals surface area contributed by atoms with Crippen LogP contribution >= 0.6 is 15.9 Å². The fourth-order valence-corrected chi connectivity index (χ4v) is 5.58. The Balaban J connectivity index is 1.68. The Morgan fingerprint density at radius 2 is 2.19 bits per heavy atom. The van der Waals surface area contributed by atoms with Crippen molar-refractivity contribution in [3.8, 4) is 0 Å². The first-order valence-electron chi connectivity index (χ1n) is 9.83. The highest BCUT2D eigenvalue weighted by atomic mass is 79.9. The summed E-state index contributed by atoms with van der Waals surface area (Å²) in [7, 11) is 4.25. The van der Waals surface area contributed by atoms with Gasteiger partial charge in [0.15, 0.2) is 0 Å². The summed E-state index contributed by atoms with van der Waals surface area (Å²) in [5.74, 6) is 0.397. The molecule has 2 aliphatic rings. The molecule has 27 heavy (non-hydrogen) atoms. The molecular formula is C21H28BrN3O2. The Labute approximate surface area is 168 Å². The monoisotopic (exact) mass is 433 g/mol. The van der Waals surface area contributed by atoms with E-state index in [1.807, 2.05) is 6.92 Å². The highest BCUT2D eigenvalue weighted by Gasteiger charge is 2.42. The molecule has 6 heteroatoms. The number of aliphatic hydroxyl groups excluding tert-OH is 1. The third-order valence-corrected chi connectivity index (χ3v) is 7.61. The molecule has 4 unspecified atom stereocenters. The van der Waals surface area contributed by atoms with Gasteiger partial charge in [-0.25, -0.2) is 0 Å². The van der Waals surface area contributed by atoms with E-state index in [1.165, 1.54) is 26.6 Å². The molecule has 1 aliphatic carbocycles. The van der Waals surface area contributed by atoms with E-state index in [9.17, 15) is 9.90 Å². The Morgan fingerprint density at radius 3 is 2.89 bits per heavy atom. The first kappa shape index (κ1) is 19.0. The second kappa shape index (κ2) is 7.22. The van der Waals surface area contributed by atoms with Crippen molar-refractivity contribution in [2.45, 2.75) is 44.2 Å². The van der Waals surface area contributed by atoms with E-state index in [-0.39, 0.29) is 24.5 Å². The summed E-state index contributed by atoms with van der Waals surface area (Å²) in [5, 5.41) is 13.8. The lowest BCUT2D eigenvalue weighted by molar-refractivity contribution is -0.128. The van der Waals surface area contributed by atoms with Crippen LogP contribution in [0.25, 0.3) is 10.9 Å². The summed E-state index contributed by atoms with van der Waals surface area (Å²) >= 11 is 3.79. The Morgan fingerprint density at radius 1 is 1.41 bits per heavy atom. The number of hydrogen-bond donors (Lipinski definition) is 2. The van der Waals surface area contributed by atoms with E-state index in [4.69, 9.17) is 0 Å². The number of hydrogen-bond acceptors (Lipinski definition) is 3. The molecule has 2 N–H and O–H groups in total. The summed E-state index contributed by atoms with van der Waals surface area (Å²) in [5.41, 5.74) is 4.03. The van der Waals surface area contributed by atoms with E-state index in [1.54, 1.807) is 0 Å². The maximum absolute atomic E-state index is 12.8. The quantitative estimate of drug-likeness (QED) is 0.778. The number of nitrogens with one attached hydrogen (secondary N) is 1. The molecule has 1 aromatic carbocycles. The molecule has 5 nitrogen and oxygen atoms in total. The van der Waals surface area contributed by atoms with Gasteiger partial charge in [-0.1, -0.05) is 19.1 Å². The van der Waals surface area contributed by atoms with Crippen molar-refractivity contribution in [2.24, 2.45) is 13.0 Å². The number of carbonyl (C=O) groups excluding carboxylic acids is 1. The first-order valence-corrected chi connectivity index (χ1v) is 10.6. The van der Waals surface area contributed by atoms with Crippen LogP contribution in [0.4, 0.5) is 0 Å². The van der Waals surface area contributed by atoms with Gasteiger partial charge in [0.1, 0.15) is 0 Å². The lowest BCUT2D eigenvalue weighted by Crippen LogP contribution is -2.52. The predicted octanol–water partition coefficient (Wildman–Crippen LogP) is 2.79. The van der Waals surface area contributed by atoms with E-state index < -0.39 is 0 Å². The highest BCUT2D eigenvalue weighted by molar-refractivity contribution is 9.10. The summed E-state index contributed by atoms with van der Waals surface area (Å²) < 4.78 is 3.40. The smallest absolute Gasteiger partial charge is 0.224 e. The van der Waals surface area contributed by atoms with Gasteiger partial charge in [0, 0.05) is 36.5 Å². The lowest BCUT2D eigenvalue weighted by Gasteiger charge is -2.45. The predicted molar refractivity (Wildman–Crippen MR) is 111 cm³/mol. The standard InChI is InChI=1S/C21H28BrN3O2/c1-4-13(11-26)23-21(27)12-8-15-14-6-5-7-17-19(14)16(20(22)25(17)3)9-18(15)24(2)10-12/h5-7,12-13,15,18,26H,4,8-11H2,1-3H3,(H,23,27). The molecule has 4 rings (SSSR count). The molecule has 1 aliphatic heterocycles. The largest absolute Gasteiger partial charge is 0.394 e. The van der Waals surface area contributed by atoms with Crippen LogP contribution in [0, 0.1) is 5.92 Å². The van der Waals surface area contributed by atoms with E-state index >= 15 is 0 Å². The van der Waals surface area contributed by atoms with Crippen molar-refractivity contribution in [2.75, 3.05) is 20.2 Å². The van der Waals surface area contributed by atoms with Crippen molar-refractivity contribution >= 4 is 32.7 Å². The van der Waals surface area contributed by atoms with Gasteiger partial charge in [0.25, 0.3) is 0 Å². The van der Waals surface area contributed by atoms with Crippen LogP contribution in [0.1, 0.15) is 36.8 Å².